The van der Waals surface area contributed by atoms with Crippen LogP contribution in [0.3, 0.4) is 0 Å². The summed E-state index contributed by atoms with van der Waals surface area (Å²) in [5, 5.41) is 16.5. The molecule has 0 saturated carbocycles. The molecule has 1 amide bonds. The number of hydrogen-bond donors (Lipinski definition) is 2. The Labute approximate surface area is 195 Å². The number of phenols is 1. The van der Waals surface area contributed by atoms with Crippen molar-refractivity contribution in [1.29, 1.82) is 0 Å². The maximum Gasteiger partial charge on any atom is 0.271 e. The van der Waals surface area contributed by atoms with Gasteiger partial charge in [0.05, 0.1) is 11.2 Å². The van der Waals surface area contributed by atoms with E-state index in [0.717, 1.165) is 27.5 Å². The van der Waals surface area contributed by atoms with Gasteiger partial charge in [-0.1, -0.05) is 83.9 Å². The second-order valence-corrected chi connectivity index (χ2v) is 7.88. The highest BCUT2D eigenvalue weighted by molar-refractivity contribution is 6.32. The number of amides is 1. The number of benzene rings is 4. The highest BCUT2D eigenvalue weighted by Gasteiger charge is 2.08. The van der Waals surface area contributed by atoms with E-state index in [4.69, 9.17) is 23.2 Å². The lowest BCUT2D eigenvalue weighted by molar-refractivity contribution is 0.0955. The van der Waals surface area contributed by atoms with Crippen LogP contribution in [0.15, 0.2) is 84.0 Å². The Hall–Kier alpha value is -3.60. The molecule has 0 atom stereocenters. The lowest BCUT2D eigenvalue weighted by atomic mass is 9.99. The van der Waals surface area contributed by atoms with Crippen LogP contribution in [0, 0.1) is 0 Å². The lowest BCUT2D eigenvalue weighted by Gasteiger charge is -2.06. The Morgan fingerprint density at radius 2 is 1.53 bits per heavy atom. The summed E-state index contributed by atoms with van der Waals surface area (Å²) in [5.41, 5.74) is 5.78. The van der Waals surface area contributed by atoms with Gasteiger partial charge < -0.3 is 5.11 Å². The topological polar surface area (TPSA) is 61.7 Å². The molecule has 0 unspecified atom stereocenters. The van der Waals surface area contributed by atoms with Crippen molar-refractivity contribution in [1.82, 2.24) is 5.43 Å². The highest BCUT2D eigenvalue weighted by Crippen LogP contribution is 2.25. The van der Waals surface area contributed by atoms with Gasteiger partial charge in [0.25, 0.3) is 5.91 Å². The fraction of sp³-hybridized carbons (Fsp3) is 0. The Balaban J connectivity index is 1.56. The van der Waals surface area contributed by atoms with Crippen molar-refractivity contribution in [3.05, 3.63) is 111 Å². The molecule has 2 N–H and O–H groups in total. The third kappa shape index (κ3) is 4.99. The van der Waals surface area contributed by atoms with Gasteiger partial charge in [-0.3, -0.25) is 4.79 Å². The summed E-state index contributed by atoms with van der Waals surface area (Å²) in [6.07, 6.45) is 5.70. The second kappa shape index (κ2) is 9.69. The molecule has 0 aliphatic heterocycles. The lowest BCUT2D eigenvalue weighted by Crippen LogP contribution is -2.17. The third-order valence-corrected chi connectivity index (χ3v) is 5.45. The summed E-state index contributed by atoms with van der Waals surface area (Å²) in [4.78, 5) is 12.3. The number of hydrazone groups is 1. The minimum absolute atomic E-state index is 0.0802. The Morgan fingerprint density at radius 1 is 0.844 bits per heavy atom. The minimum Gasteiger partial charge on any atom is -0.506 e. The van der Waals surface area contributed by atoms with Gasteiger partial charge in [-0.05, 0) is 52.2 Å². The minimum atomic E-state index is -0.421. The van der Waals surface area contributed by atoms with E-state index in [0.29, 0.717) is 10.6 Å². The maximum absolute atomic E-state index is 12.3. The Bertz CT molecular complexity index is 1350. The van der Waals surface area contributed by atoms with E-state index in [2.05, 4.69) is 16.6 Å². The molecular weight excluding hydrogens is 443 g/mol. The summed E-state index contributed by atoms with van der Waals surface area (Å²) in [6, 6.07) is 23.9. The first-order chi connectivity index (χ1) is 15.5. The Kier molecular flexibility index (Phi) is 6.55. The van der Waals surface area contributed by atoms with Crippen LogP contribution < -0.4 is 5.43 Å². The zero-order valence-electron chi connectivity index (χ0n) is 16.8. The molecule has 0 fully saturated rings. The van der Waals surface area contributed by atoms with Crippen molar-refractivity contribution in [3.63, 3.8) is 0 Å². The molecule has 0 spiro atoms. The largest absolute Gasteiger partial charge is 0.506 e. The zero-order valence-corrected chi connectivity index (χ0v) is 18.3. The molecule has 32 heavy (non-hydrogen) atoms. The molecule has 6 heteroatoms. The third-order valence-electron chi connectivity index (χ3n) is 4.90. The number of halogens is 2. The summed E-state index contributed by atoms with van der Waals surface area (Å²) in [6.45, 7) is 0. The van der Waals surface area contributed by atoms with Crippen molar-refractivity contribution in [3.8, 4) is 5.75 Å². The standard InChI is InChI=1S/C26H18Cl2N2O2/c27-21-12-6-17(7-13-21)5-8-18-9-10-20(23-4-2-1-3-22(18)23)16-29-30-26(32)19-11-14-25(31)24(28)15-19/h1-16,31H,(H,30,32)/b8-5+,29-16+. The summed E-state index contributed by atoms with van der Waals surface area (Å²) >= 11 is 11.8. The van der Waals surface area contributed by atoms with E-state index in [1.807, 2.05) is 66.7 Å². The molecule has 0 heterocycles. The molecule has 158 valence electrons. The zero-order chi connectivity index (χ0) is 22.5. The van der Waals surface area contributed by atoms with Crippen LogP contribution in [0.5, 0.6) is 5.75 Å². The SMILES string of the molecule is O=C(N/N=C/c1ccc(/C=C/c2ccc(Cl)cc2)c2ccccc12)c1ccc(O)c(Cl)c1. The number of nitrogens with one attached hydrogen (secondary N) is 1. The first-order valence-corrected chi connectivity index (χ1v) is 10.5. The molecule has 0 radical (unpaired) electrons. The quantitative estimate of drug-likeness (QED) is 0.195. The Morgan fingerprint density at radius 3 is 2.25 bits per heavy atom. The average Bonchev–Trinajstić information content (AvgIpc) is 2.81. The van der Waals surface area contributed by atoms with Crippen LogP contribution in [-0.4, -0.2) is 17.2 Å². The van der Waals surface area contributed by atoms with Gasteiger partial charge >= 0.3 is 0 Å². The van der Waals surface area contributed by atoms with Gasteiger partial charge in [-0.15, -0.1) is 0 Å². The number of carbonyl (C=O) groups is 1. The predicted octanol–water partition coefficient (Wildman–Crippen LogP) is 6.79. The monoisotopic (exact) mass is 460 g/mol. The maximum atomic E-state index is 12.3. The van der Waals surface area contributed by atoms with Gasteiger partial charge in [-0.2, -0.15) is 5.10 Å². The van der Waals surface area contributed by atoms with Crippen LogP contribution in [0.2, 0.25) is 10.0 Å². The molecule has 0 aromatic heterocycles. The highest BCUT2D eigenvalue weighted by atomic mass is 35.5. The first kappa shape index (κ1) is 21.6. The van der Waals surface area contributed by atoms with Crippen LogP contribution in [0.4, 0.5) is 0 Å². The molecule has 0 bridgehead atoms. The van der Waals surface area contributed by atoms with Crippen LogP contribution in [0.25, 0.3) is 22.9 Å². The van der Waals surface area contributed by atoms with Crippen molar-refractivity contribution in [2.45, 2.75) is 0 Å². The average molecular weight is 461 g/mol. The van der Waals surface area contributed by atoms with E-state index in [9.17, 15) is 9.90 Å². The van der Waals surface area contributed by atoms with E-state index in [1.165, 1.54) is 18.2 Å². The summed E-state index contributed by atoms with van der Waals surface area (Å²) < 4.78 is 0. The number of fused-ring (bicyclic) bond motifs is 1. The number of carbonyl (C=O) groups excluding carboxylic acids is 1. The smallest absolute Gasteiger partial charge is 0.271 e. The van der Waals surface area contributed by atoms with E-state index in [1.54, 1.807) is 6.21 Å². The van der Waals surface area contributed by atoms with Crippen LogP contribution >= 0.6 is 23.2 Å². The van der Waals surface area contributed by atoms with Crippen molar-refractivity contribution < 1.29 is 9.90 Å². The molecule has 4 aromatic carbocycles. The van der Waals surface area contributed by atoms with Gasteiger partial charge in [-0.25, -0.2) is 5.43 Å². The van der Waals surface area contributed by atoms with Gasteiger partial charge in [0.2, 0.25) is 0 Å². The van der Waals surface area contributed by atoms with Gasteiger partial charge in [0.15, 0.2) is 0 Å². The van der Waals surface area contributed by atoms with Crippen molar-refractivity contribution in [2.24, 2.45) is 5.10 Å². The fourth-order valence-corrected chi connectivity index (χ4v) is 3.54. The van der Waals surface area contributed by atoms with Gasteiger partial charge in [0, 0.05) is 16.1 Å². The summed E-state index contributed by atoms with van der Waals surface area (Å²) in [7, 11) is 0. The number of aromatic hydroxyl groups is 1. The van der Waals surface area contributed by atoms with E-state index < -0.39 is 5.91 Å². The molecule has 4 aromatic rings. The molecule has 0 aliphatic carbocycles. The first-order valence-electron chi connectivity index (χ1n) is 9.78. The molecule has 0 saturated heterocycles. The number of hydrogen-bond acceptors (Lipinski definition) is 3. The summed E-state index contributed by atoms with van der Waals surface area (Å²) in [5.74, 6) is -0.502. The fourth-order valence-electron chi connectivity index (χ4n) is 3.24. The predicted molar refractivity (Wildman–Crippen MR) is 133 cm³/mol. The number of phenolic OH excluding ortho intramolecular Hbond substituents is 1. The number of nitrogens with zero attached hydrogens (tertiary/aromatic N) is 1. The number of rotatable bonds is 5. The van der Waals surface area contributed by atoms with E-state index in [-0.39, 0.29) is 10.8 Å². The van der Waals surface area contributed by atoms with Gasteiger partial charge in [0.1, 0.15) is 5.75 Å². The second-order valence-electron chi connectivity index (χ2n) is 7.04. The van der Waals surface area contributed by atoms with Crippen molar-refractivity contribution in [2.75, 3.05) is 0 Å². The normalized spacial score (nSPS) is 11.4. The van der Waals surface area contributed by atoms with Crippen LogP contribution in [-0.2, 0) is 0 Å². The molecule has 0 aliphatic rings. The van der Waals surface area contributed by atoms with Crippen molar-refractivity contribution >= 4 is 58.2 Å². The molecule has 4 rings (SSSR count). The molecular formula is C26H18Cl2N2O2. The van der Waals surface area contributed by atoms with Crippen LogP contribution in [0.1, 0.15) is 27.0 Å². The van der Waals surface area contributed by atoms with E-state index >= 15 is 0 Å². The molecule has 4 nitrogen and oxygen atoms in total.